The van der Waals surface area contributed by atoms with Crippen LogP contribution in [0.25, 0.3) is 11.3 Å². The quantitative estimate of drug-likeness (QED) is 0.717. The largest absolute Gasteiger partial charge is 0.497 e. The smallest absolute Gasteiger partial charge is 0.288 e. The minimum Gasteiger partial charge on any atom is -0.497 e. The fourth-order valence-electron chi connectivity index (χ4n) is 2.69. The third-order valence-corrected chi connectivity index (χ3v) is 4.78. The van der Waals surface area contributed by atoms with Crippen molar-refractivity contribution in [2.24, 2.45) is 0 Å². The number of rotatable bonds is 4. The molecule has 25 heavy (non-hydrogen) atoms. The zero-order valence-corrected chi connectivity index (χ0v) is 14.4. The zero-order chi connectivity index (χ0) is 17.2. The molecule has 0 aliphatic carbocycles. The summed E-state index contributed by atoms with van der Waals surface area (Å²) < 4.78 is 17.8. The second kappa shape index (κ2) is 6.79. The molecule has 0 bridgehead atoms. The minimum absolute atomic E-state index is 0.172. The van der Waals surface area contributed by atoms with Gasteiger partial charge in [0.1, 0.15) is 11.4 Å². The summed E-state index contributed by atoms with van der Waals surface area (Å²) in [4.78, 5) is 13.3. The van der Waals surface area contributed by atoms with Crippen LogP contribution in [0.1, 0.15) is 21.5 Å². The van der Waals surface area contributed by atoms with Gasteiger partial charge in [-0.3, -0.25) is 4.79 Å². The van der Waals surface area contributed by atoms with Gasteiger partial charge < -0.3 is 14.2 Å². The first-order valence-electron chi connectivity index (χ1n) is 7.81. The van der Waals surface area contributed by atoms with Crippen molar-refractivity contribution in [2.75, 3.05) is 20.3 Å². The summed E-state index contributed by atoms with van der Waals surface area (Å²) in [6.07, 6.45) is 1.18. The van der Waals surface area contributed by atoms with E-state index in [-0.39, 0.29) is 5.91 Å². The van der Waals surface area contributed by atoms with E-state index < -0.39 is 6.29 Å². The van der Waals surface area contributed by atoms with E-state index in [0.29, 0.717) is 23.8 Å². The number of thiophene rings is 1. The Morgan fingerprint density at radius 1 is 1.24 bits per heavy atom. The van der Waals surface area contributed by atoms with Gasteiger partial charge in [0.15, 0.2) is 6.29 Å². The van der Waals surface area contributed by atoms with Crippen molar-refractivity contribution >= 4 is 17.2 Å². The molecule has 1 aromatic carbocycles. The summed E-state index contributed by atoms with van der Waals surface area (Å²) in [5.41, 5.74) is 2.28. The first-order valence-corrected chi connectivity index (χ1v) is 8.69. The van der Waals surface area contributed by atoms with Gasteiger partial charge in [-0.2, -0.15) is 5.10 Å². The molecule has 7 heteroatoms. The molecule has 3 aromatic rings. The number of carbonyl (C=O) groups excluding carboxylic acids is 1. The fourth-order valence-corrected chi connectivity index (χ4v) is 3.34. The summed E-state index contributed by atoms with van der Waals surface area (Å²) in [6.45, 7) is 1.05. The van der Waals surface area contributed by atoms with Gasteiger partial charge in [0.05, 0.1) is 30.8 Å². The molecule has 1 saturated heterocycles. The van der Waals surface area contributed by atoms with Crippen LogP contribution in [0, 0.1) is 0 Å². The van der Waals surface area contributed by atoms with Crippen LogP contribution in [0.3, 0.4) is 0 Å². The molecule has 0 amide bonds. The van der Waals surface area contributed by atoms with Gasteiger partial charge in [-0.25, -0.2) is 4.68 Å². The molecule has 0 radical (unpaired) electrons. The Bertz CT molecular complexity index is 865. The van der Waals surface area contributed by atoms with Gasteiger partial charge in [0.25, 0.3) is 5.91 Å². The highest BCUT2D eigenvalue weighted by molar-refractivity contribution is 7.12. The van der Waals surface area contributed by atoms with Crippen molar-refractivity contribution in [3.63, 3.8) is 0 Å². The Hall–Kier alpha value is -2.48. The normalized spacial score (nSPS) is 14.8. The molecular weight excluding hydrogens is 340 g/mol. The Kier molecular flexibility index (Phi) is 4.35. The van der Waals surface area contributed by atoms with Gasteiger partial charge in [-0.05, 0) is 35.7 Å². The van der Waals surface area contributed by atoms with Crippen LogP contribution in [-0.4, -0.2) is 36.0 Å². The standard InChI is InChI=1S/C18H16N2O4S/c1-22-13-6-4-12(5-7-13)16-14(18-23-8-9-24-18)11-20(19-16)17(21)15-3-2-10-25-15/h2-7,10-11,18H,8-9H2,1H3. The molecule has 0 atom stereocenters. The highest BCUT2D eigenvalue weighted by atomic mass is 32.1. The maximum Gasteiger partial charge on any atom is 0.288 e. The van der Waals surface area contributed by atoms with Crippen molar-refractivity contribution in [2.45, 2.75) is 6.29 Å². The number of hydrogen-bond donors (Lipinski definition) is 0. The molecule has 0 spiro atoms. The molecule has 128 valence electrons. The van der Waals surface area contributed by atoms with Gasteiger partial charge in [-0.15, -0.1) is 11.3 Å². The van der Waals surface area contributed by atoms with Crippen molar-refractivity contribution in [1.82, 2.24) is 9.78 Å². The van der Waals surface area contributed by atoms with E-state index in [4.69, 9.17) is 14.2 Å². The molecule has 0 saturated carbocycles. The molecule has 1 aliphatic rings. The summed E-state index contributed by atoms with van der Waals surface area (Å²) in [7, 11) is 1.62. The van der Waals surface area contributed by atoms with E-state index in [1.54, 1.807) is 19.4 Å². The third-order valence-electron chi connectivity index (χ3n) is 3.92. The van der Waals surface area contributed by atoms with Gasteiger partial charge in [-0.1, -0.05) is 6.07 Å². The zero-order valence-electron chi connectivity index (χ0n) is 13.5. The van der Waals surface area contributed by atoms with Crippen molar-refractivity contribution in [1.29, 1.82) is 0 Å². The summed E-state index contributed by atoms with van der Waals surface area (Å²) >= 11 is 1.38. The molecule has 1 aliphatic heterocycles. The third kappa shape index (κ3) is 3.09. The summed E-state index contributed by atoms with van der Waals surface area (Å²) in [6, 6.07) is 11.1. The lowest BCUT2D eigenvalue weighted by atomic mass is 10.1. The molecular formula is C18H16N2O4S. The fraction of sp³-hybridized carbons (Fsp3) is 0.222. The van der Waals surface area contributed by atoms with E-state index >= 15 is 0 Å². The van der Waals surface area contributed by atoms with E-state index in [1.165, 1.54) is 16.0 Å². The van der Waals surface area contributed by atoms with E-state index in [9.17, 15) is 4.79 Å². The lowest BCUT2D eigenvalue weighted by Crippen LogP contribution is -2.11. The lowest BCUT2D eigenvalue weighted by Gasteiger charge is -2.09. The highest BCUT2D eigenvalue weighted by Crippen LogP contribution is 2.33. The van der Waals surface area contributed by atoms with E-state index in [0.717, 1.165) is 16.9 Å². The van der Waals surface area contributed by atoms with Crippen LogP contribution in [0.4, 0.5) is 0 Å². The molecule has 4 rings (SSSR count). The maximum absolute atomic E-state index is 12.6. The van der Waals surface area contributed by atoms with Crippen LogP contribution in [0.15, 0.2) is 48.0 Å². The average Bonchev–Trinajstić information content (AvgIpc) is 3.42. The Balaban J connectivity index is 1.76. The molecule has 0 unspecified atom stereocenters. The Labute approximate surface area is 148 Å². The Morgan fingerprint density at radius 3 is 2.64 bits per heavy atom. The second-order valence-corrected chi connectivity index (χ2v) is 6.41. The summed E-state index contributed by atoms with van der Waals surface area (Å²) in [5, 5.41) is 6.38. The predicted octanol–water partition coefficient (Wildman–Crippen LogP) is 3.35. The molecule has 2 aromatic heterocycles. The van der Waals surface area contributed by atoms with Crippen LogP contribution in [0.5, 0.6) is 5.75 Å². The topological polar surface area (TPSA) is 62.6 Å². The van der Waals surface area contributed by atoms with Crippen molar-refractivity contribution in [3.8, 4) is 17.0 Å². The van der Waals surface area contributed by atoms with E-state index in [1.807, 2.05) is 35.7 Å². The van der Waals surface area contributed by atoms with Gasteiger partial charge >= 0.3 is 0 Å². The molecule has 1 fully saturated rings. The van der Waals surface area contributed by atoms with Gasteiger partial charge in [0, 0.05) is 11.8 Å². The SMILES string of the molecule is COc1ccc(-c2nn(C(=O)c3cccs3)cc2C2OCCO2)cc1. The number of hydrogen-bond acceptors (Lipinski definition) is 6. The van der Waals surface area contributed by atoms with Crippen molar-refractivity contribution < 1.29 is 19.0 Å². The van der Waals surface area contributed by atoms with Crippen LogP contribution < -0.4 is 4.74 Å². The summed E-state index contributed by atoms with van der Waals surface area (Å²) in [5.74, 6) is 0.585. The first kappa shape index (κ1) is 16.0. The lowest BCUT2D eigenvalue weighted by molar-refractivity contribution is -0.0437. The van der Waals surface area contributed by atoms with Crippen LogP contribution >= 0.6 is 11.3 Å². The number of aromatic nitrogens is 2. The number of benzene rings is 1. The number of methoxy groups -OCH3 is 1. The molecule has 6 nitrogen and oxygen atoms in total. The first-order chi connectivity index (χ1) is 12.3. The maximum atomic E-state index is 12.6. The Morgan fingerprint density at radius 2 is 2.00 bits per heavy atom. The average molecular weight is 356 g/mol. The number of ether oxygens (including phenoxy) is 3. The second-order valence-electron chi connectivity index (χ2n) is 5.46. The minimum atomic E-state index is -0.512. The molecule has 0 N–H and O–H groups in total. The van der Waals surface area contributed by atoms with E-state index in [2.05, 4.69) is 5.10 Å². The van der Waals surface area contributed by atoms with Crippen LogP contribution in [-0.2, 0) is 9.47 Å². The monoisotopic (exact) mass is 356 g/mol. The molecule has 3 heterocycles. The highest BCUT2D eigenvalue weighted by Gasteiger charge is 2.27. The van der Waals surface area contributed by atoms with Gasteiger partial charge in [0.2, 0.25) is 0 Å². The van der Waals surface area contributed by atoms with Crippen molar-refractivity contribution in [3.05, 3.63) is 58.4 Å². The number of nitrogens with zero attached hydrogens (tertiary/aromatic N) is 2. The predicted molar refractivity (Wildman–Crippen MR) is 92.9 cm³/mol. The van der Waals surface area contributed by atoms with Crippen LogP contribution in [0.2, 0.25) is 0 Å². The number of carbonyl (C=O) groups is 1.